The summed E-state index contributed by atoms with van der Waals surface area (Å²) in [5.41, 5.74) is 3.44. The van der Waals surface area contributed by atoms with Crippen molar-refractivity contribution in [1.82, 2.24) is 5.32 Å². The van der Waals surface area contributed by atoms with E-state index in [1.807, 2.05) is 48.5 Å². The molecule has 0 aliphatic heterocycles. The number of ketones is 1. The lowest BCUT2D eigenvalue weighted by molar-refractivity contribution is -0.117. The quantitative estimate of drug-likeness (QED) is 0.672. The maximum absolute atomic E-state index is 12.9. The molecule has 5 nitrogen and oxygen atoms in total. The van der Waals surface area contributed by atoms with E-state index in [9.17, 15) is 14.4 Å². The van der Waals surface area contributed by atoms with Gasteiger partial charge < -0.3 is 10.6 Å². The molecule has 3 aromatic carbocycles. The summed E-state index contributed by atoms with van der Waals surface area (Å²) in [5, 5.41) is 5.79. The monoisotopic (exact) mass is 398 g/mol. The Hall–Kier alpha value is -3.73. The third-order valence-electron chi connectivity index (χ3n) is 5.30. The number of carbonyl (C=O) groups is 3. The minimum atomic E-state index is -0.380. The van der Waals surface area contributed by atoms with Gasteiger partial charge in [0.2, 0.25) is 5.91 Å². The minimum Gasteiger partial charge on any atom is -0.348 e. The van der Waals surface area contributed by atoms with Crippen molar-refractivity contribution in [2.45, 2.75) is 25.3 Å². The second-order valence-electron chi connectivity index (χ2n) is 7.34. The van der Waals surface area contributed by atoms with Gasteiger partial charge in [-0.25, -0.2) is 0 Å². The number of benzene rings is 3. The van der Waals surface area contributed by atoms with Crippen LogP contribution in [0.25, 0.3) is 0 Å². The average Bonchev–Trinajstić information content (AvgIpc) is 2.78. The van der Waals surface area contributed by atoms with Gasteiger partial charge in [0.25, 0.3) is 5.91 Å². The first-order chi connectivity index (χ1) is 14.6. The fraction of sp³-hybridized carbons (Fsp3) is 0.160. The Kier molecular flexibility index (Phi) is 5.70. The van der Waals surface area contributed by atoms with Crippen molar-refractivity contribution in [3.63, 3.8) is 0 Å². The molecule has 1 aliphatic rings. The summed E-state index contributed by atoms with van der Waals surface area (Å²) in [5.74, 6) is -0.679. The van der Waals surface area contributed by atoms with E-state index in [0.29, 0.717) is 36.2 Å². The van der Waals surface area contributed by atoms with Gasteiger partial charge in [0.05, 0.1) is 5.92 Å². The fourth-order valence-electron chi connectivity index (χ4n) is 3.74. The number of anilines is 1. The van der Waals surface area contributed by atoms with Gasteiger partial charge in [-0.1, -0.05) is 60.7 Å². The lowest BCUT2D eigenvalue weighted by atomic mass is 9.81. The van der Waals surface area contributed by atoms with Gasteiger partial charge in [-0.2, -0.15) is 0 Å². The number of Topliss-reactive ketones (excluding diaryl/α,β-unsaturated/α-hetero) is 1. The number of nitrogens with one attached hydrogen (secondary N) is 2. The molecule has 0 bridgehead atoms. The van der Waals surface area contributed by atoms with E-state index in [1.54, 1.807) is 30.3 Å². The molecule has 0 aromatic heterocycles. The molecule has 0 spiro atoms. The highest BCUT2D eigenvalue weighted by atomic mass is 16.2. The molecule has 5 heteroatoms. The van der Waals surface area contributed by atoms with Crippen molar-refractivity contribution in [3.8, 4) is 0 Å². The van der Waals surface area contributed by atoms with E-state index >= 15 is 0 Å². The Bertz CT molecular complexity index is 1090. The zero-order valence-corrected chi connectivity index (χ0v) is 16.4. The van der Waals surface area contributed by atoms with Crippen molar-refractivity contribution >= 4 is 23.3 Å². The van der Waals surface area contributed by atoms with Gasteiger partial charge in [-0.15, -0.1) is 0 Å². The molecule has 2 amide bonds. The standard InChI is InChI=1S/C25H22N2O3/c28-23-14-13-22(20-11-4-5-12-21(20)23)25(30)27-19-10-6-9-18(15-19)24(29)26-16-17-7-2-1-3-8-17/h1-12,15,22H,13-14,16H2,(H,26,29)(H,27,30). The number of hydrogen-bond donors (Lipinski definition) is 2. The van der Waals surface area contributed by atoms with Gasteiger partial charge in [-0.3, -0.25) is 14.4 Å². The first-order valence-electron chi connectivity index (χ1n) is 9.97. The summed E-state index contributed by atoms with van der Waals surface area (Å²) in [6, 6.07) is 23.8. The number of amides is 2. The molecule has 150 valence electrons. The van der Waals surface area contributed by atoms with Crippen LogP contribution in [0, 0.1) is 0 Å². The van der Waals surface area contributed by atoms with Gasteiger partial charge >= 0.3 is 0 Å². The summed E-state index contributed by atoms with van der Waals surface area (Å²) in [7, 11) is 0. The van der Waals surface area contributed by atoms with Crippen LogP contribution in [0.3, 0.4) is 0 Å². The van der Waals surface area contributed by atoms with Gasteiger partial charge in [0.1, 0.15) is 0 Å². The topological polar surface area (TPSA) is 75.3 Å². The Morgan fingerprint density at radius 2 is 1.67 bits per heavy atom. The molecule has 1 aliphatic carbocycles. The second-order valence-corrected chi connectivity index (χ2v) is 7.34. The number of hydrogen-bond acceptors (Lipinski definition) is 3. The number of rotatable bonds is 5. The number of fused-ring (bicyclic) bond motifs is 1. The third kappa shape index (κ3) is 4.30. The van der Waals surface area contributed by atoms with Crippen LogP contribution >= 0.6 is 0 Å². The molecule has 0 heterocycles. The predicted octanol–water partition coefficient (Wildman–Crippen LogP) is 4.32. The van der Waals surface area contributed by atoms with Gasteiger partial charge in [0.15, 0.2) is 5.78 Å². The molecular weight excluding hydrogens is 376 g/mol. The maximum Gasteiger partial charge on any atom is 0.251 e. The van der Waals surface area contributed by atoms with E-state index in [4.69, 9.17) is 0 Å². The molecule has 4 rings (SSSR count). The highest BCUT2D eigenvalue weighted by Crippen LogP contribution is 2.32. The highest BCUT2D eigenvalue weighted by molar-refractivity contribution is 6.04. The van der Waals surface area contributed by atoms with E-state index in [2.05, 4.69) is 10.6 Å². The Balaban J connectivity index is 1.44. The Morgan fingerprint density at radius 3 is 2.50 bits per heavy atom. The normalized spacial score (nSPS) is 15.2. The first kappa shape index (κ1) is 19.6. The summed E-state index contributed by atoms with van der Waals surface area (Å²) in [4.78, 5) is 37.5. The first-order valence-corrected chi connectivity index (χ1v) is 9.97. The molecule has 0 saturated heterocycles. The van der Waals surface area contributed by atoms with Crippen molar-refractivity contribution < 1.29 is 14.4 Å². The molecule has 30 heavy (non-hydrogen) atoms. The Morgan fingerprint density at radius 1 is 0.900 bits per heavy atom. The van der Waals surface area contributed by atoms with Crippen LogP contribution in [-0.2, 0) is 11.3 Å². The lowest BCUT2D eigenvalue weighted by Gasteiger charge is -2.23. The lowest BCUT2D eigenvalue weighted by Crippen LogP contribution is -2.27. The summed E-state index contributed by atoms with van der Waals surface area (Å²) in [6.07, 6.45) is 0.843. The smallest absolute Gasteiger partial charge is 0.251 e. The largest absolute Gasteiger partial charge is 0.348 e. The molecule has 0 radical (unpaired) electrons. The van der Waals surface area contributed by atoms with Crippen molar-refractivity contribution in [1.29, 1.82) is 0 Å². The van der Waals surface area contributed by atoms with Gasteiger partial charge in [-0.05, 0) is 35.7 Å². The second kappa shape index (κ2) is 8.74. The van der Waals surface area contributed by atoms with E-state index in [-0.39, 0.29) is 23.5 Å². The van der Waals surface area contributed by atoms with E-state index < -0.39 is 0 Å². The highest BCUT2D eigenvalue weighted by Gasteiger charge is 2.30. The van der Waals surface area contributed by atoms with Gasteiger partial charge in [0, 0.05) is 29.8 Å². The van der Waals surface area contributed by atoms with Crippen molar-refractivity contribution in [2.75, 3.05) is 5.32 Å². The average molecular weight is 398 g/mol. The summed E-state index contributed by atoms with van der Waals surface area (Å²) >= 11 is 0. The molecule has 0 fully saturated rings. The van der Waals surface area contributed by atoms with Crippen LogP contribution in [0.1, 0.15) is 50.6 Å². The van der Waals surface area contributed by atoms with Crippen LogP contribution in [0.2, 0.25) is 0 Å². The summed E-state index contributed by atoms with van der Waals surface area (Å²) < 4.78 is 0. The fourth-order valence-corrected chi connectivity index (χ4v) is 3.74. The van der Waals surface area contributed by atoms with Crippen LogP contribution in [-0.4, -0.2) is 17.6 Å². The van der Waals surface area contributed by atoms with Crippen LogP contribution in [0.15, 0.2) is 78.9 Å². The van der Waals surface area contributed by atoms with Crippen molar-refractivity contribution in [3.05, 3.63) is 101 Å². The van der Waals surface area contributed by atoms with Crippen LogP contribution in [0.5, 0.6) is 0 Å². The molecule has 3 aromatic rings. The zero-order valence-electron chi connectivity index (χ0n) is 16.4. The van der Waals surface area contributed by atoms with E-state index in [0.717, 1.165) is 11.1 Å². The minimum absolute atomic E-state index is 0.0757. The maximum atomic E-state index is 12.9. The van der Waals surface area contributed by atoms with Crippen LogP contribution < -0.4 is 10.6 Å². The predicted molar refractivity (Wildman–Crippen MR) is 115 cm³/mol. The summed E-state index contributed by atoms with van der Waals surface area (Å²) in [6.45, 7) is 0.434. The number of carbonyl (C=O) groups excluding carboxylic acids is 3. The molecule has 1 unspecified atom stereocenters. The van der Waals surface area contributed by atoms with Crippen molar-refractivity contribution in [2.24, 2.45) is 0 Å². The molecule has 0 saturated carbocycles. The SMILES string of the molecule is O=C(NCc1ccccc1)c1cccc(NC(=O)C2CCC(=O)c3ccccc32)c1. The molecule has 1 atom stereocenters. The Labute approximate surface area is 175 Å². The molecule has 2 N–H and O–H groups in total. The van der Waals surface area contributed by atoms with E-state index in [1.165, 1.54) is 0 Å². The zero-order chi connectivity index (χ0) is 20.9. The third-order valence-corrected chi connectivity index (χ3v) is 5.30. The molecular formula is C25H22N2O3. The van der Waals surface area contributed by atoms with Crippen LogP contribution in [0.4, 0.5) is 5.69 Å².